The van der Waals surface area contributed by atoms with Gasteiger partial charge in [-0.1, -0.05) is 15.9 Å². The van der Waals surface area contributed by atoms with Gasteiger partial charge in [-0.05, 0) is 18.2 Å². The monoisotopic (exact) mass is 229 g/mol. The first-order valence-corrected chi connectivity index (χ1v) is 3.97. The zero-order valence-electron chi connectivity index (χ0n) is 5.96. The SMILES string of the molecule is N#CC(O)c1cc(F)ccc1Br. The molecule has 0 aliphatic rings. The van der Waals surface area contributed by atoms with Gasteiger partial charge in [0.1, 0.15) is 5.82 Å². The second-order valence-corrected chi connectivity index (χ2v) is 3.05. The van der Waals surface area contributed by atoms with Crippen LogP contribution < -0.4 is 0 Å². The first kappa shape index (κ1) is 9.17. The minimum atomic E-state index is -1.28. The molecule has 4 heteroatoms. The smallest absolute Gasteiger partial charge is 0.167 e. The molecule has 1 atom stereocenters. The summed E-state index contributed by atoms with van der Waals surface area (Å²) in [6.45, 7) is 0. The molecule has 0 aliphatic heterocycles. The second kappa shape index (κ2) is 3.65. The van der Waals surface area contributed by atoms with Gasteiger partial charge < -0.3 is 5.11 Å². The Labute approximate surface area is 77.4 Å². The van der Waals surface area contributed by atoms with Gasteiger partial charge in [0.25, 0.3) is 0 Å². The number of aliphatic hydroxyl groups excluding tert-OH is 1. The maximum Gasteiger partial charge on any atom is 0.167 e. The molecule has 0 fully saturated rings. The summed E-state index contributed by atoms with van der Waals surface area (Å²) in [5.41, 5.74) is 0.248. The van der Waals surface area contributed by atoms with Crippen LogP contribution in [0.1, 0.15) is 11.7 Å². The summed E-state index contributed by atoms with van der Waals surface area (Å²) < 4.78 is 13.1. The molecule has 12 heavy (non-hydrogen) atoms. The third kappa shape index (κ3) is 1.81. The summed E-state index contributed by atoms with van der Waals surface area (Å²) in [6.07, 6.45) is -1.28. The molecule has 1 rings (SSSR count). The van der Waals surface area contributed by atoms with E-state index in [0.29, 0.717) is 4.47 Å². The molecule has 62 valence electrons. The maximum atomic E-state index is 12.6. The van der Waals surface area contributed by atoms with E-state index >= 15 is 0 Å². The van der Waals surface area contributed by atoms with Crippen molar-refractivity contribution in [1.29, 1.82) is 5.26 Å². The van der Waals surface area contributed by atoms with E-state index in [1.807, 2.05) is 0 Å². The van der Waals surface area contributed by atoms with Crippen molar-refractivity contribution in [3.05, 3.63) is 34.1 Å². The van der Waals surface area contributed by atoms with Gasteiger partial charge in [-0.15, -0.1) is 0 Å². The topological polar surface area (TPSA) is 44.0 Å². The molecule has 0 spiro atoms. The third-order valence-corrected chi connectivity index (χ3v) is 2.10. The number of rotatable bonds is 1. The van der Waals surface area contributed by atoms with Gasteiger partial charge in [-0.25, -0.2) is 4.39 Å². The standard InChI is InChI=1S/C8H5BrFNO/c9-7-2-1-5(10)3-6(7)8(12)4-11/h1-3,8,12H. The zero-order valence-corrected chi connectivity index (χ0v) is 7.55. The van der Waals surface area contributed by atoms with Crippen LogP contribution >= 0.6 is 15.9 Å². The molecule has 1 aromatic rings. The van der Waals surface area contributed by atoms with E-state index in [4.69, 9.17) is 10.4 Å². The molecule has 0 radical (unpaired) electrons. The minimum absolute atomic E-state index is 0.248. The fraction of sp³-hybridized carbons (Fsp3) is 0.125. The van der Waals surface area contributed by atoms with Gasteiger partial charge in [0.15, 0.2) is 6.10 Å². The Morgan fingerprint density at radius 2 is 2.25 bits per heavy atom. The molecule has 1 N–H and O–H groups in total. The van der Waals surface area contributed by atoms with E-state index in [9.17, 15) is 4.39 Å². The first-order chi connectivity index (χ1) is 5.65. The lowest BCUT2D eigenvalue weighted by Crippen LogP contribution is -1.95. The number of halogens is 2. The predicted molar refractivity (Wildman–Crippen MR) is 44.7 cm³/mol. The summed E-state index contributed by atoms with van der Waals surface area (Å²) in [4.78, 5) is 0. The number of hydrogen-bond acceptors (Lipinski definition) is 2. The van der Waals surface area contributed by atoms with Crippen molar-refractivity contribution in [3.63, 3.8) is 0 Å². The molecule has 0 aromatic heterocycles. The van der Waals surface area contributed by atoms with Gasteiger partial charge in [0.05, 0.1) is 6.07 Å². The zero-order chi connectivity index (χ0) is 9.14. The van der Waals surface area contributed by atoms with E-state index in [2.05, 4.69) is 15.9 Å². The Kier molecular flexibility index (Phi) is 2.79. The van der Waals surface area contributed by atoms with Crippen LogP contribution in [0.5, 0.6) is 0 Å². The average molecular weight is 230 g/mol. The average Bonchev–Trinajstić information content (AvgIpc) is 2.08. The number of aliphatic hydroxyl groups is 1. The Bertz CT molecular complexity index is 334. The van der Waals surface area contributed by atoms with Gasteiger partial charge >= 0.3 is 0 Å². The maximum absolute atomic E-state index is 12.6. The quantitative estimate of drug-likeness (QED) is 0.751. The van der Waals surface area contributed by atoms with E-state index in [1.165, 1.54) is 12.1 Å². The minimum Gasteiger partial charge on any atom is -0.374 e. The highest BCUT2D eigenvalue weighted by Gasteiger charge is 2.10. The van der Waals surface area contributed by atoms with Crippen LogP contribution in [-0.2, 0) is 0 Å². The Balaban J connectivity index is 3.15. The highest BCUT2D eigenvalue weighted by molar-refractivity contribution is 9.10. The summed E-state index contributed by atoms with van der Waals surface area (Å²) in [5, 5.41) is 17.4. The van der Waals surface area contributed by atoms with Crippen molar-refractivity contribution in [2.24, 2.45) is 0 Å². The fourth-order valence-electron chi connectivity index (χ4n) is 0.794. The van der Waals surface area contributed by atoms with Crippen LogP contribution in [0, 0.1) is 17.1 Å². The molecular formula is C8H5BrFNO. The van der Waals surface area contributed by atoms with Crippen molar-refractivity contribution in [3.8, 4) is 6.07 Å². The first-order valence-electron chi connectivity index (χ1n) is 3.18. The molecule has 2 nitrogen and oxygen atoms in total. The Hall–Kier alpha value is -0.920. The highest BCUT2D eigenvalue weighted by Crippen LogP contribution is 2.23. The van der Waals surface area contributed by atoms with Crippen molar-refractivity contribution < 1.29 is 9.50 Å². The van der Waals surface area contributed by atoms with Crippen molar-refractivity contribution in [2.45, 2.75) is 6.10 Å². The van der Waals surface area contributed by atoms with E-state index < -0.39 is 11.9 Å². The lowest BCUT2D eigenvalue weighted by atomic mass is 10.1. The van der Waals surface area contributed by atoms with Crippen LogP contribution in [0.15, 0.2) is 22.7 Å². The summed E-state index contributed by atoms with van der Waals surface area (Å²) in [7, 11) is 0. The molecule has 1 aromatic carbocycles. The van der Waals surface area contributed by atoms with Gasteiger partial charge in [-0.3, -0.25) is 0 Å². The van der Waals surface area contributed by atoms with Crippen molar-refractivity contribution in [1.82, 2.24) is 0 Å². The van der Waals surface area contributed by atoms with E-state index in [-0.39, 0.29) is 5.56 Å². The number of nitrogens with zero attached hydrogens (tertiary/aromatic N) is 1. The van der Waals surface area contributed by atoms with Crippen LogP contribution in [0.4, 0.5) is 4.39 Å². The molecule has 0 amide bonds. The van der Waals surface area contributed by atoms with Crippen LogP contribution in [-0.4, -0.2) is 5.11 Å². The van der Waals surface area contributed by atoms with Gasteiger partial charge in [-0.2, -0.15) is 5.26 Å². The van der Waals surface area contributed by atoms with E-state index in [0.717, 1.165) is 6.07 Å². The van der Waals surface area contributed by atoms with Crippen LogP contribution in [0.25, 0.3) is 0 Å². The van der Waals surface area contributed by atoms with Crippen LogP contribution in [0.2, 0.25) is 0 Å². The van der Waals surface area contributed by atoms with Crippen molar-refractivity contribution in [2.75, 3.05) is 0 Å². The largest absolute Gasteiger partial charge is 0.374 e. The van der Waals surface area contributed by atoms with E-state index in [1.54, 1.807) is 6.07 Å². The summed E-state index contributed by atoms with van der Waals surface area (Å²) >= 11 is 3.09. The number of benzene rings is 1. The van der Waals surface area contributed by atoms with Gasteiger partial charge in [0.2, 0.25) is 0 Å². The van der Waals surface area contributed by atoms with Crippen LogP contribution in [0.3, 0.4) is 0 Å². The number of hydrogen-bond donors (Lipinski definition) is 1. The third-order valence-electron chi connectivity index (χ3n) is 1.37. The fourth-order valence-corrected chi connectivity index (χ4v) is 1.26. The highest BCUT2D eigenvalue weighted by atomic mass is 79.9. The predicted octanol–water partition coefficient (Wildman–Crippen LogP) is 2.15. The Morgan fingerprint density at radius 1 is 1.58 bits per heavy atom. The molecule has 0 heterocycles. The lowest BCUT2D eigenvalue weighted by molar-refractivity contribution is 0.234. The molecule has 0 bridgehead atoms. The lowest BCUT2D eigenvalue weighted by Gasteiger charge is -2.04. The van der Waals surface area contributed by atoms with Crippen molar-refractivity contribution >= 4 is 15.9 Å². The summed E-state index contributed by atoms with van der Waals surface area (Å²) in [5.74, 6) is -0.470. The molecule has 0 aliphatic carbocycles. The molecular weight excluding hydrogens is 225 g/mol. The molecule has 0 saturated carbocycles. The second-order valence-electron chi connectivity index (χ2n) is 2.20. The normalized spacial score (nSPS) is 12.2. The Morgan fingerprint density at radius 3 is 2.83 bits per heavy atom. The molecule has 1 unspecified atom stereocenters. The number of nitriles is 1. The molecule has 0 saturated heterocycles. The van der Waals surface area contributed by atoms with Gasteiger partial charge in [0, 0.05) is 10.0 Å². The summed E-state index contributed by atoms with van der Waals surface area (Å²) in [6, 6.07) is 5.43.